The van der Waals surface area contributed by atoms with Crippen LogP contribution >= 0.6 is 0 Å². The van der Waals surface area contributed by atoms with Crippen LogP contribution in [0.5, 0.6) is 17.2 Å². The lowest BCUT2D eigenvalue weighted by Crippen LogP contribution is -2.35. The molecule has 0 amide bonds. The molecule has 1 heterocycles. The lowest BCUT2D eigenvalue weighted by Gasteiger charge is -2.39. The van der Waals surface area contributed by atoms with E-state index in [1.165, 1.54) is 12.1 Å². The smallest absolute Gasteiger partial charge is 0.178 e. The van der Waals surface area contributed by atoms with E-state index in [9.17, 15) is 4.39 Å². The van der Waals surface area contributed by atoms with Crippen LogP contribution in [0.1, 0.15) is 54.5 Å². The third kappa shape index (κ3) is 3.84. The summed E-state index contributed by atoms with van der Waals surface area (Å²) in [5.41, 5.74) is 5.37. The Morgan fingerprint density at radius 2 is 1.28 bits per heavy atom. The Kier molecular flexibility index (Phi) is 6.31. The van der Waals surface area contributed by atoms with Crippen molar-refractivity contribution in [1.29, 1.82) is 0 Å². The maximum atomic E-state index is 15.0. The van der Waals surface area contributed by atoms with Gasteiger partial charge in [-0.1, -0.05) is 56.3 Å². The standard InChI is InChI=1S/C38H32F2O3/c1-5-37(6-2)33-22-26(40)12-18-30(33)34-29-17-11-25(39)21-32(29)36-31(35(34)37)19-20-38(43-36,23-7-13-27(41-3)14-8-23)24-9-15-28(42-4)16-10-24/h7-22H,5-6H2,1-4H3. The molecular weight excluding hydrogens is 542 g/mol. The number of ether oxygens (including phenoxy) is 3. The highest BCUT2D eigenvalue weighted by atomic mass is 19.1. The fourth-order valence-electron chi connectivity index (χ4n) is 7.30. The highest BCUT2D eigenvalue weighted by Gasteiger charge is 2.47. The maximum absolute atomic E-state index is 15.0. The zero-order valence-corrected chi connectivity index (χ0v) is 24.6. The summed E-state index contributed by atoms with van der Waals surface area (Å²) in [6, 6.07) is 25.6. The summed E-state index contributed by atoms with van der Waals surface area (Å²) >= 11 is 0. The van der Waals surface area contributed by atoms with Gasteiger partial charge in [0, 0.05) is 27.5 Å². The van der Waals surface area contributed by atoms with E-state index in [0.717, 1.165) is 68.7 Å². The average Bonchev–Trinajstić information content (AvgIpc) is 3.34. The number of hydrogen-bond donors (Lipinski definition) is 0. The van der Waals surface area contributed by atoms with Crippen LogP contribution in [0.4, 0.5) is 8.78 Å². The summed E-state index contributed by atoms with van der Waals surface area (Å²) in [5, 5.41) is 1.57. The molecule has 1 aliphatic heterocycles. The van der Waals surface area contributed by atoms with Crippen LogP contribution in [0.2, 0.25) is 0 Å². The van der Waals surface area contributed by atoms with Crippen LogP contribution in [0.3, 0.4) is 0 Å². The van der Waals surface area contributed by atoms with Crippen LogP contribution in [0, 0.1) is 11.6 Å². The van der Waals surface area contributed by atoms with Gasteiger partial charge in [0.2, 0.25) is 0 Å². The summed E-state index contributed by atoms with van der Waals surface area (Å²) in [5.74, 6) is 1.48. The van der Waals surface area contributed by atoms with Gasteiger partial charge in [-0.2, -0.15) is 0 Å². The van der Waals surface area contributed by atoms with E-state index in [1.54, 1.807) is 26.4 Å². The molecule has 0 bridgehead atoms. The minimum absolute atomic E-state index is 0.258. The molecule has 0 radical (unpaired) electrons. The Balaban J connectivity index is 1.56. The monoisotopic (exact) mass is 574 g/mol. The molecule has 3 nitrogen and oxygen atoms in total. The van der Waals surface area contributed by atoms with Crippen LogP contribution in [0.15, 0.2) is 91.0 Å². The van der Waals surface area contributed by atoms with Crippen molar-refractivity contribution in [3.05, 3.63) is 130 Å². The largest absolute Gasteiger partial charge is 0.497 e. The van der Waals surface area contributed by atoms with Gasteiger partial charge in [0.25, 0.3) is 0 Å². The average molecular weight is 575 g/mol. The molecule has 0 aromatic heterocycles. The Morgan fingerprint density at radius 1 is 0.698 bits per heavy atom. The topological polar surface area (TPSA) is 27.7 Å². The first-order valence-electron chi connectivity index (χ1n) is 14.7. The Hall–Kier alpha value is -4.64. The van der Waals surface area contributed by atoms with Crippen molar-refractivity contribution in [3.8, 4) is 28.4 Å². The molecule has 0 saturated heterocycles. The first kappa shape index (κ1) is 27.2. The van der Waals surface area contributed by atoms with Crippen molar-refractivity contribution in [3.63, 3.8) is 0 Å². The number of methoxy groups -OCH3 is 2. The lowest BCUT2D eigenvalue weighted by atomic mass is 9.71. The summed E-state index contributed by atoms with van der Waals surface area (Å²) in [7, 11) is 3.28. The quantitative estimate of drug-likeness (QED) is 0.202. The molecule has 216 valence electrons. The molecule has 7 rings (SSSR count). The Bertz CT molecular complexity index is 1850. The van der Waals surface area contributed by atoms with Gasteiger partial charge in [0.05, 0.1) is 14.2 Å². The lowest BCUT2D eigenvalue weighted by molar-refractivity contribution is 0.163. The zero-order chi connectivity index (χ0) is 29.9. The summed E-state index contributed by atoms with van der Waals surface area (Å²) in [4.78, 5) is 0. The molecule has 0 N–H and O–H groups in total. The molecule has 0 saturated carbocycles. The summed E-state index contributed by atoms with van der Waals surface area (Å²) in [6.45, 7) is 4.31. The van der Waals surface area contributed by atoms with Crippen LogP contribution in [0.25, 0.3) is 28.0 Å². The molecule has 1 aliphatic carbocycles. The number of rotatable bonds is 6. The summed E-state index contributed by atoms with van der Waals surface area (Å²) < 4.78 is 48.0. The van der Waals surface area contributed by atoms with Crippen molar-refractivity contribution >= 4 is 16.8 Å². The van der Waals surface area contributed by atoms with E-state index in [-0.39, 0.29) is 11.6 Å². The molecule has 0 unspecified atom stereocenters. The molecule has 5 aromatic rings. The van der Waals surface area contributed by atoms with E-state index in [0.29, 0.717) is 11.1 Å². The van der Waals surface area contributed by atoms with Gasteiger partial charge >= 0.3 is 0 Å². The van der Waals surface area contributed by atoms with Gasteiger partial charge in [0.1, 0.15) is 28.9 Å². The zero-order valence-electron chi connectivity index (χ0n) is 24.6. The van der Waals surface area contributed by atoms with E-state index in [2.05, 4.69) is 26.0 Å². The highest BCUT2D eigenvalue weighted by Crippen LogP contribution is 2.60. The third-order valence-electron chi connectivity index (χ3n) is 9.50. The van der Waals surface area contributed by atoms with Gasteiger partial charge in [-0.25, -0.2) is 8.78 Å². The molecule has 0 fully saturated rings. The van der Waals surface area contributed by atoms with Crippen molar-refractivity contribution < 1.29 is 23.0 Å². The van der Waals surface area contributed by atoms with Crippen molar-refractivity contribution in [2.75, 3.05) is 14.2 Å². The first-order chi connectivity index (χ1) is 20.9. The second kappa shape index (κ2) is 9.98. The Morgan fingerprint density at radius 3 is 1.86 bits per heavy atom. The molecule has 5 aromatic carbocycles. The number of benzene rings is 5. The number of hydrogen-bond acceptors (Lipinski definition) is 3. The Labute approximate surface area is 250 Å². The van der Waals surface area contributed by atoms with E-state index in [1.807, 2.05) is 60.7 Å². The normalized spacial score (nSPS) is 15.4. The molecule has 2 aliphatic rings. The number of halogens is 2. The van der Waals surface area contributed by atoms with Crippen molar-refractivity contribution in [2.45, 2.75) is 37.7 Å². The summed E-state index contributed by atoms with van der Waals surface area (Å²) in [6.07, 6.45) is 5.77. The highest BCUT2D eigenvalue weighted by molar-refractivity contribution is 6.08. The van der Waals surface area contributed by atoms with Crippen molar-refractivity contribution in [2.24, 2.45) is 0 Å². The van der Waals surface area contributed by atoms with Crippen molar-refractivity contribution in [1.82, 2.24) is 0 Å². The van der Waals surface area contributed by atoms with Gasteiger partial charge in [-0.3, -0.25) is 0 Å². The van der Waals surface area contributed by atoms with E-state index < -0.39 is 11.0 Å². The van der Waals surface area contributed by atoms with Crippen LogP contribution in [-0.2, 0) is 11.0 Å². The minimum atomic E-state index is -1.02. The number of fused-ring (bicyclic) bond motifs is 8. The van der Waals surface area contributed by atoms with Gasteiger partial charge in [0.15, 0.2) is 5.60 Å². The predicted molar refractivity (Wildman–Crippen MR) is 167 cm³/mol. The van der Waals surface area contributed by atoms with Gasteiger partial charge in [-0.15, -0.1) is 0 Å². The van der Waals surface area contributed by atoms with Gasteiger partial charge in [-0.05, 0) is 95.1 Å². The second-order valence-corrected chi connectivity index (χ2v) is 11.3. The van der Waals surface area contributed by atoms with E-state index >= 15 is 4.39 Å². The second-order valence-electron chi connectivity index (χ2n) is 11.3. The third-order valence-corrected chi connectivity index (χ3v) is 9.50. The molecule has 43 heavy (non-hydrogen) atoms. The SMILES string of the molecule is CCC1(CC)c2cc(F)ccc2-c2c1c1c(c3cc(F)ccc23)OC(c2ccc(OC)cc2)(c2ccc(OC)cc2)C=C1. The van der Waals surface area contributed by atoms with E-state index in [4.69, 9.17) is 14.2 Å². The predicted octanol–water partition coefficient (Wildman–Crippen LogP) is 9.57. The fraction of sp³-hybridized carbons (Fsp3) is 0.211. The van der Waals surface area contributed by atoms with Gasteiger partial charge < -0.3 is 14.2 Å². The molecule has 5 heteroatoms. The molecule has 0 atom stereocenters. The van der Waals surface area contributed by atoms with Crippen LogP contribution in [-0.4, -0.2) is 14.2 Å². The van der Waals surface area contributed by atoms with Crippen LogP contribution < -0.4 is 14.2 Å². The molecule has 0 spiro atoms. The fourth-order valence-corrected chi connectivity index (χ4v) is 7.30. The maximum Gasteiger partial charge on any atom is 0.178 e. The molecular formula is C38H32F2O3. The minimum Gasteiger partial charge on any atom is -0.497 e. The first-order valence-corrected chi connectivity index (χ1v) is 14.7.